The Bertz CT molecular complexity index is 502. The Morgan fingerprint density at radius 1 is 1.21 bits per heavy atom. The molecule has 0 fully saturated rings. The lowest BCUT2D eigenvalue weighted by Gasteiger charge is -2.12. The van der Waals surface area contributed by atoms with Crippen molar-refractivity contribution in [2.45, 2.75) is 12.8 Å². The summed E-state index contributed by atoms with van der Waals surface area (Å²) in [5.41, 5.74) is -0.310. The predicted octanol–water partition coefficient (Wildman–Crippen LogP) is 1.91. The standard InChI is InChI=1S/C12H11F3O4/c1-19-11(16)4-7(12(17)18)2-6-3-9(14)10(15)5-8(6)13/h3,5,7H,2,4H2,1H3,(H,17,18). The van der Waals surface area contributed by atoms with Crippen molar-refractivity contribution in [2.24, 2.45) is 5.92 Å². The number of aliphatic carboxylic acids is 1. The minimum absolute atomic E-state index is 0.310. The van der Waals surface area contributed by atoms with Crippen LogP contribution in [0.5, 0.6) is 0 Å². The highest BCUT2D eigenvalue weighted by atomic mass is 19.2. The summed E-state index contributed by atoms with van der Waals surface area (Å²) in [7, 11) is 1.08. The van der Waals surface area contributed by atoms with Crippen LogP contribution in [0.2, 0.25) is 0 Å². The summed E-state index contributed by atoms with van der Waals surface area (Å²) in [5.74, 6) is -7.11. The zero-order valence-electron chi connectivity index (χ0n) is 9.95. The summed E-state index contributed by atoms with van der Waals surface area (Å²) in [6.07, 6.45) is -0.919. The number of carboxylic acid groups (broad SMARTS) is 1. The van der Waals surface area contributed by atoms with E-state index in [2.05, 4.69) is 4.74 Å². The quantitative estimate of drug-likeness (QED) is 0.659. The monoisotopic (exact) mass is 276 g/mol. The van der Waals surface area contributed by atoms with Gasteiger partial charge in [-0.25, -0.2) is 13.2 Å². The fourth-order valence-electron chi connectivity index (χ4n) is 1.52. The third-order valence-electron chi connectivity index (χ3n) is 2.55. The molecule has 1 aromatic carbocycles. The van der Waals surface area contributed by atoms with Crippen molar-refractivity contribution >= 4 is 11.9 Å². The second kappa shape index (κ2) is 6.21. The van der Waals surface area contributed by atoms with Crippen molar-refractivity contribution in [1.82, 2.24) is 0 Å². The van der Waals surface area contributed by atoms with Gasteiger partial charge in [0.2, 0.25) is 0 Å². The van der Waals surface area contributed by atoms with Gasteiger partial charge in [0.15, 0.2) is 11.6 Å². The maximum absolute atomic E-state index is 13.4. The van der Waals surface area contributed by atoms with Gasteiger partial charge in [0, 0.05) is 6.07 Å². The van der Waals surface area contributed by atoms with Gasteiger partial charge in [-0.15, -0.1) is 0 Å². The summed E-state index contributed by atoms with van der Waals surface area (Å²) < 4.78 is 43.3. The van der Waals surface area contributed by atoms with E-state index in [4.69, 9.17) is 5.11 Å². The highest BCUT2D eigenvalue weighted by Crippen LogP contribution is 2.19. The Hall–Kier alpha value is -2.05. The van der Waals surface area contributed by atoms with Crippen LogP contribution in [-0.4, -0.2) is 24.2 Å². The van der Waals surface area contributed by atoms with Crippen LogP contribution in [0.3, 0.4) is 0 Å². The van der Waals surface area contributed by atoms with Gasteiger partial charge in [0.05, 0.1) is 19.4 Å². The van der Waals surface area contributed by atoms with Crippen LogP contribution >= 0.6 is 0 Å². The molecule has 0 aliphatic rings. The average molecular weight is 276 g/mol. The fourth-order valence-corrected chi connectivity index (χ4v) is 1.52. The Kier molecular flexibility index (Phi) is 4.91. The fraction of sp³-hybridized carbons (Fsp3) is 0.333. The lowest BCUT2D eigenvalue weighted by molar-refractivity contribution is -0.149. The minimum atomic E-state index is -1.36. The minimum Gasteiger partial charge on any atom is -0.481 e. The molecule has 1 rings (SSSR count). The van der Waals surface area contributed by atoms with Crippen molar-refractivity contribution in [3.63, 3.8) is 0 Å². The van der Waals surface area contributed by atoms with Gasteiger partial charge in [-0.05, 0) is 18.1 Å². The topological polar surface area (TPSA) is 63.6 Å². The molecule has 0 aliphatic heterocycles. The molecule has 1 aromatic rings. The van der Waals surface area contributed by atoms with Gasteiger partial charge in [-0.2, -0.15) is 0 Å². The van der Waals surface area contributed by atoms with E-state index in [1.807, 2.05) is 0 Å². The Labute approximate surface area is 106 Å². The Balaban J connectivity index is 2.94. The molecule has 7 heteroatoms. The van der Waals surface area contributed by atoms with E-state index < -0.39 is 48.1 Å². The Morgan fingerprint density at radius 2 is 1.79 bits per heavy atom. The highest BCUT2D eigenvalue weighted by molar-refractivity contribution is 5.78. The summed E-state index contributed by atoms with van der Waals surface area (Å²) in [4.78, 5) is 21.9. The van der Waals surface area contributed by atoms with E-state index in [0.717, 1.165) is 7.11 Å². The second-order valence-corrected chi connectivity index (χ2v) is 3.88. The SMILES string of the molecule is COC(=O)CC(Cc1cc(F)c(F)cc1F)C(=O)O. The van der Waals surface area contributed by atoms with E-state index in [0.29, 0.717) is 12.1 Å². The number of carbonyl (C=O) groups is 2. The molecule has 0 saturated heterocycles. The summed E-state index contributed by atoms with van der Waals surface area (Å²) in [6, 6.07) is 0.916. The van der Waals surface area contributed by atoms with Gasteiger partial charge in [-0.1, -0.05) is 0 Å². The number of carboxylic acids is 1. The predicted molar refractivity (Wildman–Crippen MR) is 57.8 cm³/mol. The number of hydrogen-bond acceptors (Lipinski definition) is 3. The third kappa shape index (κ3) is 3.97. The smallest absolute Gasteiger partial charge is 0.307 e. The maximum Gasteiger partial charge on any atom is 0.307 e. The van der Waals surface area contributed by atoms with E-state index >= 15 is 0 Å². The molecule has 0 aliphatic carbocycles. The second-order valence-electron chi connectivity index (χ2n) is 3.88. The molecular weight excluding hydrogens is 265 g/mol. The van der Waals surface area contributed by atoms with Crippen LogP contribution in [0, 0.1) is 23.4 Å². The molecule has 1 N–H and O–H groups in total. The number of rotatable bonds is 5. The molecule has 0 bridgehead atoms. The maximum atomic E-state index is 13.4. The number of carbonyl (C=O) groups excluding carboxylic acids is 1. The molecule has 0 radical (unpaired) electrons. The van der Waals surface area contributed by atoms with Gasteiger partial charge in [0.1, 0.15) is 5.82 Å². The first kappa shape index (κ1) is 15.0. The first-order valence-corrected chi connectivity index (χ1v) is 5.28. The molecule has 104 valence electrons. The molecule has 4 nitrogen and oxygen atoms in total. The summed E-state index contributed by atoms with van der Waals surface area (Å²) in [6.45, 7) is 0. The first-order valence-electron chi connectivity index (χ1n) is 5.28. The van der Waals surface area contributed by atoms with Crippen molar-refractivity contribution in [3.05, 3.63) is 35.1 Å². The largest absolute Gasteiger partial charge is 0.481 e. The molecular formula is C12H11F3O4. The van der Waals surface area contributed by atoms with Crippen molar-refractivity contribution in [2.75, 3.05) is 7.11 Å². The highest BCUT2D eigenvalue weighted by Gasteiger charge is 2.24. The van der Waals surface area contributed by atoms with E-state index in [-0.39, 0.29) is 5.56 Å². The van der Waals surface area contributed by atoms with Crippen molar-refractivity contribution in [1.29, 1.82) is 0 Å². The number of methoxy groups -OCH3 is 1. The normalized spacial score (nSPS) is 12.0. The van der Waals surface area contributed by atoms with Crippen LogP contribution < -0.4 is 0 Å². The van der Waals surface area contributed by atoms with Crippen LogP contribution in [0.15, 0.2) is 12.1 Å². The van der Waals surface area contributed by atoms with E-state index in [9.17, 15) is 22.8 Å². The molecule has 0 saturated carbocycles. The summed E-state index contributed by atoms with van der Waals surface area (Å²) in [5, 5.41) is 8.90. The lowest BCUT2D eigenvalue weighted by atomic mass is 9.96. The van der Waals surface area contributed by atoms with Gasteiger partial charge in [-0.3, -0.25) is 9.59 Å². The first-order chi connectivity index (χ1) is 8.85. The zero-order chi connectivity index (χ0) is 14.6. The molecule has 0 heterocycles. The van der Waals surface area contributed by atoms with Gasteiger partial charge >= 0.3 is 11.9 Å². The molecule has 0 spiro atoms. The van der Waals surface area contributed by atoms with Crippen LogP contribution in [0.1, 0.15) is 12.0 Å². The number of ether oxygens (including phenoxy) is 1. The molecule has 19 heavy (non-hydrogen) atoms. The van der Waals surface area contributed by atoms with Crippen LogP contribution in [0.4, 0.5) is 13.2 Å². The molecule has 1 atom stereocenters. The van der Waals surface area contributed by atoms with Crippen LogP contribution in [-0.2, 0) is 20.7 Å². The van der Waals surface area contributed by atoms with E-state index in [1.165, 1.54) is 0 Å². The number of benzene rings is 1. The van der Waals surface area contributed by atoms with Crippen LogP contribution in [0.25, 0.3) is 0 Å². The number of esters is 1. The van der Waals surface area contributed by atoms with Gasteiger partial charge in [0.25, 0.3) is 0 Å². The van der Waals surface area contributed by atoms with Crippen molar-refractivity contribution < 1.29 is 32.6 Å². The average Bonchev–Trinajstić information content (AvgIpc) is 2.34. The lowest BCUT2D eigenvalue weighted by Crippen LogP contribution is -2.21. The van der Waals surface area contributed by atoms with E-state index in [1.54, 1.807) is 0 Å². The number of hydrogen-bond donors (Lipinski definition) is 1. The van der Waals surface area contributed by atoms with Crippen molar-refractivity contribution in [3.8, 4) is 0 Å². The zero-order valence-corrected chi connectivity index (χ0v) is 9.95. The summed E-state index contributed by atoms with van der Waals surface area (Å²) >= 11 is 0. The third-order valence-corrected chi connectivity index (χ3v) is 2.55. The Morgan fingerprint density at radius 3 is 2.32 bits per heavy atom. The molecule has 0 aromatic heterocycles. The number of halogens is 3. The molecule has 0 amide bonds. The van der Waals surface area contributed by atoms with Gasteiger partial charge < -0.3 is 9.84 Å². The molecule has 1 unspecified atom stereocenters.